The predicted molar refractivity (Wildman–Crippen MR) is 54.8 cm³/mol. The van der Waals surface area contributed by atoms with Crippen LogP contribution in [0.1, 0.15) is 40.0 Å². The first-order valence-corrected chi connectivity index (χ1v) is 4.95. The minimum atomic E-state index is 0.0659. The number of hydrogen-bond acceptors (Lipinski definition) is 3. The van der Waals surface area contributed by atoms with Crippen LogP contribution in [0, 0.1) is 5.41 Å². The third-order valence-electron chi connectivity index (χ3n) is 2.49. The minimum absolute atomic E-state index is 0.0659. The zero-order valence-corrected chi connectivity index (χ0v) is 8.80. The van der Waals surface area contributed by atoms with E-state index in [0.717, 1.165) is 12.8 Å². The maximum absolute atomic E-state index is 8.78. The van der Waals surface area contributed by atoms with Crippen molar-refractivity contribution >= 4 is 5.71 Å². The van der Waals surface area contributed by atoms with Crippen LogP contribution in [0.25, 0.3) is 0 Å². The van der Waals surface area contributed by atoms with Gasteiger partial charge in [0.1, 0.15) is 0 Å². The van der Waals surface area contributed by atoms with Crippen molar-refractivity contribution in [3.8, 4) is 0 Å². The summed E-state index contributed by atoms with van der Waals surface area (Å²) in [6.07, 6.45) is 3.40. The Hall–Kier alpha value is -0.570. The minimum Gasteiger partial charge on any atom is -0.394 e. The van der Waals surface area contributed by atoms with Crippen LogP contribution < -0.4 is 5.43 Å². The molecule has 0 aromatic carbocycles. The molecule has 76 valence electrons. The van der Waals surface area contributed by atoms with Crippen LogP contribution in [-0.2, 0) is 0 Å². The molecule has 3 nitrogen and oxygen atoms in total. The van der Waals surface area contributed by atoms with E-state index in [2.05, 4.69) is 24.4 Å². The number of nitrogens with zero attached hydrogens (tertiary/aromatic N) is 1. The van der Waals surface area contributed by atoms with E-state index >= 15 is 0 Å². The molecule has 1 aliphatic rings. The van der Waals surface area contributed by atoms with Gasteiger partial charge in [0.2, 0.25) is 0 Å². The fourth-order valence-corrected chi connectivity index (χ4v) is 1.55. The Morgan fingerprint density at radius 3 is 2.77 bits per heavy atom. The van der Waals surface area contributed by atoms with Crippen LogP contribution >= 0.6 is 0 Å². The van der Waals surface area contributed by atoms with Crippen molar-refractivity contribution in [2.75, 3.05) is 6.61 Å². The molecular weight excluding hydrogens is 164 g/mol. The molecule has 13 heavy (non-hydrogen) atoms. The molecule has 1 unspecified atom stereocenters. The first kappa shape index (κ1) is 10.5. The number of nitrogens with one attached hydrogen (secondary N) is 1. The summed E-state index contributed by atoms with van der Waals surface area (Å²) in [6, 6.07) is 0.0659. The lowest BCUT2D eigenvalue weighted by Gasteiger charge is -2.14. The highest BCUT2D eigenvalue weighted by molar-refractivity contribution is 5.86. The first-order chi connectivity index (χ1) is 6.03. The van der Waals surface area contributed by atoms with Crippen molar-refractivity contribution in [2.24, 2.45) is 10.5 Å². The van der Waals surface area contributed by atoms with Crippen LogP contribution in [-0.4, -0.2) is 23.5 Å². The van der Waals surface area contributed by atoms with Gasteiger partial charge in [-0.1, -0.05) is 13.8 Å². The molecule has 0 bridgehead atoms. The third kappa shape index (κ3) is 3.35. The van der Waals surface area contributed by atoms with Gasteiger partial charge < -0.3 is 10.5 Å². The predicted octanol–water partition coefficient (Wildman–Crippen LogP) is 1.52. The van der Waals surface area contributed by atoms with Gasteiger partial charge in [-0.3, -0.25) is 0 Å². The first-order valence-electron chi connectivity index (χ1n) is 4.95. The highest BCUT2D eigenvalue weighted by Gasteiger charge is 2.27. The molecule has 0 amide bonds. The molecule has 3 heteroatoms. The van der Waals surface area contributed by atoms with E-state index in [1.165, 1.54) is 12.1 Å². The third-order valence-corrected chi connectivity index (χ3v) is 2.49. The Balaban J connectivity index is 2.37. The Morgan fingerprint density at radius 1 is 1.62 bits per heavy atom. The zero-order valence-electron chi connectivity index (χ0n) is 8.80. The SMILES string of the molecule is CC(CO)N/N=C1\CCC(C)(C)C1. The molecule has 1 saturated carbocycles. The smallest absolute Gasteiger partial charge is 0.0646 e. The Kier molecular flexibility index (Phi) is 3.31. The van der Waals surface area contributed by atoms with Crippen molar-refractivity contribution in [2.45, 2.75) is 46.1 Å². The van der Waals surface area contributed by atoms with Gasteiger partial charge in [-0.15, -0.1) is 0 Å². The summed E-state index contributed by atoms with van der Waals surface area (Å²) in [5, 5.41) is 13.1. The van der Waals surface area contributed by atoms with Crippen molar-refractivity contribution in [1.82, 2.24) is 5.43 Å². The van der Waals surface area contributed by atoms with Gasteiger partial charge in [0, 0.05) is 5.71 Å². The second-order valence-corrected chi connectivity index (χ2v) is 4.73. The standard InChI is InChI=1S/C10H20N2O/c1-8(7-13)11-12-9-4-5-10(2,3)6-9/h8,11,13H,4-7H2,1-3H3/b12-9+. The summed E-state index contributed by atoms with van der Waals surface area (Å²) in [6.45, 7) is 6.60. The van der Waals surface area contributed by atoms with E-state index in [9.17, 15) is 0 Å². The average Bonchev–Trinajstić information content (AvgIpc) is 2.41. The Bertz CT molecular complexity index is 199. The van der Waals surface area contributed by atoms with E-state index in [1.807, 2.05) is 6.92 Å². The van der Waals surface area contributed by atoms with Crippen LogP contribution in [0.4, 0.5) is 0 Å². The maximum Gasteiger partial charge on any atom is 0.0646 e. The van der Waals surface area contributed by atoms with Crippen molar-refractivity contribution in [3.63, 3.8) is 0 Å². The van der Waals surface area contributed by atoms with Gasteiger partial charge >= 0.3 is 0 Å². The summed E-state index contributed by atoms with van der Waals surface area (Å²) in [5.74, 6) is 0. The van der Waals surface area contributed by atoms with Crippen molar-refractivity contribution in [3.05, 3.63) is 0 Å². The molecular formula is C10H20N2O. The molecule has 1 aliphatic carbocycles. The Labute approximate surface area is 80.2 Å². The number of hydrazone groups is 1. The normalized spacial score (nSPS) is 26.3. The molecule has 1 rings (SSSR count). The van der Waals surface area contributed by atoms with Gasteiger partial charge in [0.25, 0.3) is 0 Å². The van der Waals surface area contributed by atoms with E-state index < -0.39 is 0 Å². The largest absolute Gasteiger partial charge is 0.394 e. The summed E-state index contributed by atoms with van der Waals surface area (Å²) >= 11 is 0. The number of aliphatic hydroxyl groups excluding tert-OH is 1. The van der Waals surface area contributed by atoms with Gasteiger partial charge in [0.15, 0.2) is 0 Å². The molecule has 0 aromatic rings. The maximum atomic E-state index is 8.78. The quantitative estimate of drug-likeness (QED) is 0.653. The summed E-state index contributed by atoms with van der Waals surface area (Å²) in [4.78, 5) is 0. The molecule has 2 N–H and O–H groups in total. The van der Waals surface area contributed by atoms with Gasteiger partial charge in [-0.2, -0.15) is 5.10 Å². The number of aliphatic hydroxyl groups is 1. The molecule has 0 aromatic heterocycles. The second-order valence-electron chi connectivity index (χ2n) is 4.73. The lowest BCUT2D eigenvalue weighted by Crippen LogP contribution is -2.25. The van der Waals surface area contributed by atoms with Gasteiger partial charge in [-0.05, 0) is 31.6 Å². The lowest BCUT2D eigenvalue weighted by atomic mass is 9.92. The number of rotatable bonds is 3. The fourth-order valence-electron chi connectivity index (χ4n) is 1.55. The van der Waals surface area contributed by atoms with Crippen LogP contribution in [0.15, 0.2) is 5.10 Å². The van der Waals surface area contributed by atoms with Crippen LogP contribution in [0.2, 0.25) is 0 Å². The lowest BCUT2D eigenvalue weighted by molar-refractivity contribution is 0.253. The summed E-state index contributed by atoms with van der Waals surface area (Å²) < 4.78 is 0. The molecule has 0 aliphatic heterocycles. The number of hydrogen-bond donors (Lipinski definition) is 2. The highest BCUT2D eigenvalue weighted by atomic mass is 16.3. The van der Waals surface area contributed by atoms with E-state index in [1.54, 1.807) is 0 Å². The summed E-state index contributed by atoms with van der Waals surface area (Å²) in [5.41, 5.74) is 4.61. The molecule has 1 fully saturated rings. The van der Waals surface area contributed by atoms with Crippen molar-refractivity contribution in [1.29, 1.82) is 0 Å². The van der Waals surface area contributed by atoms with Gasteiger partial charge in [0.05, 0.1) is 12.6 Å². The van der Waals surface area contributed by atoms with Gasteiger partial charge in [-0.25, -0.2) is 0 Å². The van der Waals surface area contributed by atoms with E-state index in [4.69, 9.17) is 5.11 Å². The fraction of sp³-hybridized carbons (Fsp3) is 0.900. The molecule has 0 spiro atoms. The molecule has 0 saturated heterocycles. The van der Waals surface area contributed by atoms with Crippen LogP contribution in [0.5, 0.6) is 0 Å². The monoisotopic (exact) mass is 184 g/mol. The van der Waals surface area contributed by atoms with Crippen molar-refractivity contribution < 1.29 is 5.11 Å². The molecule has 0 heterocycles. The molecule has 1 atom stereocenters. The Morgan fingerprint density at radius 2 is 2.31 bits per heavy atom. The molecule has 0 radical (unpaired) electrons. The topological polar surface area (TPSA) is 44.6 Å². The average molecular weight is 184 g/mol. The zero-order chi connectivity index (χ0) is 9.90. The summed E-state index contributed by atoms with van der Waals surface area (Å²) in [7, 11) is 0. The van der Waals surface area contributed by atoms with E-state index in [0.29, 0.717) is 5.41 Å². The van der Waals surface area contributed by atoms with Crippen LogP contribution in [0.3, 0.4) is 0 Å². The highest BCUT2D eigenvalue weighted by Crippen LogP contribution is 2.34. The second kappa shape index (κ2) is 4.09. The van der Waals surface area contributed by atoms with E-state index in [-0.39, 0.29) is 12.6 Å².